The summed E-state index contributed by atoms with van der Waals surface area (Å²) in [7, 11) is 0. The molecule has 5 heteroatoms. The van der Waals surface area contributed by atoms with Crippen LogP contribution in [0.3, 0.4) is 0 Å². The standard InChI is InChI=1S/C14H15FN2O2/c15-11-7-5-9(6-8-11)12(13(16)18)17-14(19)10-3-1-2-4-10/h1-2,5-8,10,12H,3-4H2,(H2,16,18)(H,17,19)/t12-/m0/s1. The highest BCUT2D eigenvalue weighted by atomic mass is 19.1. The average molecular weight is 262 g/mol. The summed E-state index contributed by atoms with van der Waals surface area (Å²) < 4.78 is 12.8. The Morgan fingerprint density at radius 1 is 1.21 bits per heavy atom. The second-order valence-electron chi connectivity index (χ2n) is 4.54. The van der Waals surface area contributed by atoms with Crippen LogP contribution in [0, 0.1) is 11.7 Å². The number of nitrogens with one attached hydrogen (secondary N) is 1. The second-order valence-corrected chi connectivity index (χ2v) is 4.54. The number of amides is 2. The molecule has 4 nitrogen and oxygen atoms in total. The Hall–Kier alpha value is -2.17. The number of hydrogen-bond donors (Lipinski definition) is 2. The molecule has 0 heterocycles. The van der Waals surface area contributed by atoms with Gasteiger partial charge in [0.15, 0.2) is 0 Å². The van der Waals surface area contributed by atoms with E-state index in [2.05, 4.69) is 5.32 Å². The van der Waals surface area contributed by atoms with Gasteiger partial charge in [0.1, 0.15) is 11.9 Å². The molecular formula is C14H15FN2O2. The van der Waals surface area contributed by atoms with Crippen LogP contribution >= 0.6 is 0 Å². The zero-order valence-corrected chi connectivity index (χ0v) is 10.3. The first-order chi connectivity index (χ1) is 9.08. The van der Waals surface area contributed by atoms with Gasteiger partial charge in [-0.1, -0.05) is 24.3 Å². The van der Waals surface area contributed by atoms with Crippen molar-refractivity contribution < 1.29 is 14.0 Å². The van der Waals surface area contributed by atoms with Crippen LogP contribution in [0.2, 0.25) is 0 Å². The van der Waals surface area contributed by atoms with Crippen molar-refractivity contribution >= 4 is 11.8 Å². The topological polar surface area (TPSA) is 72.2 Å². The summed E-state index contributed by atoms with van der Waals surface area (Å²) in [6.07, 6.45) is 5.20. The number of benzene rings is 1. The minimum Gasteiger partial charge on any atom is -0.368 e. The SMILES string of the molecule is NC(=O)[C@@H](NC(=O)C1CC=CC1)c1ccc(F)cc1. The number of allylic oxidation sites excluding steroid dienone is 2. The van der Waals surface area contributed by atoms with E-state index in [0.29, 0.717) is 18.4 Å². The third-order valence-electron chi connectivity index (χ3n) is 3.15. The van der Waals surface area contributed by atoms with Gasteiger partial charge in [0.2, 0.25) is 11.8 Å². The lowest BCUT2D eigenvalue weighted by molar-refractivity contribution is -0.129. The molecule has 1 atom stereocenters. The first kappa shape index (κ1) is 13.3. The van der Waals surface area contributed by atoms with E-state index in [1.807, 2.05) is 12.2 Å². The van der Waals surface area contributed by atoms with E-state index in [0.717, 1.165) is 0 Å². The summed E-state index contributed by atoms with van der Waals surface area (Å²) >= 11 is 0. The second kappa shape index (κ2) is 5.65. The van der Waals surface area contributed by atoms with Gasteiger partial charge in [-0.05, 0) is 30.5 Å². The predicted octanol–water partition coefficient (Wildman–Crippen LogP) is 1.43. The van der Waals surface area contributed by atoms with Gasteiger partial charge >= 0.3 is 0 Å². The normalized spacial score (nSPS) is 16.3. The summed E-state index contributed by atoms with van der Waals surface area (Å²) in [5.74, 6) is -1.43. The number of primary amides is 1. The maximum Gasteiger partial charge on any atom is 0.244 e. The number of rotatable bonds is 4. The fraction of sp³-hybridized carbons (Fsp3) is 0.286. The largest absolute Gasteiger partial charge is 0.368 e. The zero-order valence-electron chi connectivity index (χ0n) is 10.3. The van der Waals surface area contributed by atoms with Gasteiger partial charge in [-0.25, -0.2) is 4.39 Å². The molecule has 1 aliphatic carbocycles. The highest BCUT2D eigenvalue weighted by molar-refractivity contribution is 5.88. The number of nitrogens with two attached hydrogens (primary N) is 1. The van der Waals surface area contributed by atoms with E-state index in [1.54, 1.807) is 0 Å². The van der Waals surface area contributed by atoms with Crippen molar-refractivity contribution in [2.45, 2.75) is 18.9 Å². The van der Waals surface area contributed by atoms with Crippen LogP contribution < -0.4 is 11.1 Å². The maximum absolute atomic E-state index is 12.8. The Morgan fingerprint density at radius 3 is 2.32 bits per heavy atom. The number of carbonyl (C=O) groups is 2. The zero-order chi connectivity index (χ0) is 13.8. The Balaban J connectivity index is 2.10. The summed E-state index contributed by atoms with van der Waals surface area (Å²) in [6.45, 7) is 0. The molecule has 3 N–H and O–H groups in total. The predicted molar refractivity (Wildman–Crippen MR) is 68.3 cm³/mol. The Morgan fingerprint density at radius 2 is 1.79 bits per heavy atom. The smallest absolute Gasteiger partial charge is 0.244 e. The van der Waals surface area contributed by atoms with E-state index < -0.39 is 17.8 Å². The highest BCUT2D eigenvalue weighted by Gasteiger charge is 2.25. The van der Waals surface area contributed by atoms with Crippen LogP contribution in [0.5, 0.6) is 0 Å². The molecule has 2 rings (SSSR count). The molecule has 0 saturated carbocycles. The number of halogens is 1. The maximum atomic E-state index is 12.8. The van der Waals surface area contributed by atoms with Gasteiger partial charge in [0.05, 0.1) is 0 Å². The molecule has 0 aliphatic heterocycles. The van der Waals surface area contributed by atoms with Gasteiger partial charge < -0.3 is 11.1 Å². The first-order valence-corrected chi connectivity index (χ1v) is 6.08. The Labute approximate surface area is 110 Å². The van der Waals surface area contributed by atoms with Crippen molar-refractivity contribution in [3.63, 3.8) is 0 Å². The molecule has 0 fully saturated rings. The summed E-state index contributed by atoms with van der Waals surface area (Å²) in [5, 5.41) is 2.62. The van der Waals surface area contributed by atoms with Crippen LogP contribution in [0.1, 0.15) is 24.4 Å². The molecule has 2 amide bonds. The molecule has 1 aromatic rings. The van der Waals surface area contributed by atoms with Crippen LogP contribution in [0.4, 0.5) is 4.39 Å². The van der Waals surface area contributed by atoms with E-state index in [-0.39, 0.29) is 11.8 Å². The van der Waals surface area contributed by atoms with Crippen molar-refractivity contribution in [3.05, 3.63) is 47.8 Å². The average Bonchev–Trinajstić information content (AvgIpc) is 2.90. The molecule has 1 aliphatic rings. The molecule has 1 aromatic carbocycles. The van der Waals surface area contributed by atoms with Crippen molar-refractivity contribution in [1.82, 2.24) is 5.32 Å². The lowest BCUT2D eigenvalue weighted by atomic mass is 10.0. The van der Waals surface area contributed by atoms with Gasteiger partial charge in [-0.15, -0.1) is 0 Å². The fourth-order valence-corrected chi connectivity index (χ4v) is 2.07. The van der Waals surface area contributed by atoms with E-state index >= 15 is 0 Å². The van der Waals surface area contributed by atoms with Gasteiger partial charge in [-0.2, -0.15) is 0 Å². The van der Waals surface area contributed by atoms with Crippen LogP contribution in [-0.4, -0.2) is 11.8 Å². The Bertz CT molecular complexity index is 503. The van der Waals surface area contributed by atoms with Gasteiger partial charge in [-0.3, -0.25) is 9.59 Å². The van der Waals surface area contributed by atoms with Crippen molar-refractivity contribution in [3.8, 4) is 0 Å². The molecule has 0 aromatic heterocycles. The molecular weight excluding hydrogens is 247 g/mol. The molecule has 19 heavy (non-hydrogen) atoms. The lowest BCUT2D eigenvalue weighted by Gasteiger charge is -2.18. The van der Waals surface area contributed by atoms with E-state index in [4.69, 9.17) is 5.73 Å². The molecule has 100 valence electrons. The molecule has 0 saturated heterocycles. The lowest BCUT2D eigenvalue weighted by Crippen LogP contribution is -2.40. The number of carbonyl (C=O) groups excluding carboxylic acids is 2. The minimum atomic E-state index is -0.923. The molecule has 0 spiro atoms. The Kier molecular flexibility index (Phi) is 3.94. The van der Waals surface area contributed by atoms with Crippen LogP contribution in [-0.2, 0) is 9.59 Å². The van der Waals surface area contributed by atoms with Crippen molar-refractivity contribution in [2.24, 2.45) is 11.7 Å². The van der Waals surface area contributed by atoms with Gasteiger partial charge in [0, 0.05) is 5.92 Å². The van der Waals surface area contributed by atoms with E-state index in [1.165, 1.54) is 24.3 Å². The highest BCUT2D eigenvalue weighted by Crippen LogP contribution is 2.20. The fourth-order valence-electron chi connectivity index (χ4n) is 2.07. The first-order valence-electron chi connectivity index (χ1n) is 6.08. The third-order valence-corrected chi connectivity index (χ3v) is 3.15. The minimum absolute atomic E-state index is 0.151. The molecule has 0 unspecified atom stereocenters. The molecule has 0 bridgehead atoms. The monoisotopic (exact) mass is 262 g/mol. The number of hydrogen-bond acceptors (Lipinski definition) is 2. The summed E-state index contributed by atoms with van der Waals surface area (Å²) in [4.78, 5) is 23.4. The van der Waals surface area contributed by atoms with Gasteiger partial charge in [0.25, 0.3) is 0 Å². The third kappa shape index (κ3) is 3.19. The van der Waals surface area contributed by atoms with Crippen LogP contribution in [0.25, 0.3) is 0 Å². The van der Waals surface area contributed by atoms with Crippen molar-refractivity contribution in [2.75, 3.05) is 0 Å². The van der Waals surface area contributed by atoms with Crippen LogP contribution in [0.15, 0.2) is 36.4 Å². The molecule has 0 radical (unpaired) electrons. The quantitative estimate of drug-likeness (QED) is 0.806. The van der Waals surface area contributed by atoms with Crippen molar-refractivity contribution in [1.29, 1.82) is 0 Å². The van der Waals surface area contributed by atoms with E-state index in [9.17, 15) is 14.0 Å². The summed E-state index contributed by atoms with van der Waals surface area (Å²) in [5.41, 5.74) is 5.77. The summed E-state index contributed by atoms with van der Waals surface area (Å²) in [6, 6.07) is 4.42.